The topological polar surface area (TPSA) is 29.9 Å². The Morgan fingerprint density at radius 3 is 2.76 bits per heavy atom. The maximum atomic E-state index is 4.25. The highest BCUT2D eigenvalue weighted by molar-refractivity contribution is 8.00. The van der Waals surface area contributed by atoms with Crippen LogP contribution in [0, 0.1) is 11.8 Å². The molecule has 1 aromatic heterocycles. The maximum Gasteiger partial charge on any atom is 0.0625 e. The molecule has 0 bridgehead atoms. The van der Waals surface area contributed by atoms with Gasteiger partial charge >= 0.3 is 0 Å². The largest absolute Gasteiger partial charge is 0.316 e. The van der Waals surface area contributed by atoms with Gasteiger partial charge in [-0.2, -0.15) is 5.10 Å². The van der Waals surface area contributed by atoms with E-state index >= 15 is 0 Å². The highest BCUT2D eigenvalue weighted by Gasteiger charge is 2.33. The molecule has 0 radical (unpaired) electrons. The first-order valence-corrected chi connectivity index (χ1v) is 7.30. The van der Waals surface area contributed by atoms with Gasteiger partial charge in [0.2, 0.25) is 0 Å². The predicted octanol–water partition coefficient (Wildman–Crippen LogP) is 2.53. The van der Waals surface area contributed by atoms with Crippen LogP contribution in [0.4, 0.5) is 0 Å². The SMILES string of the molecule is CNC1CC(C)CC(C)C1Sc1cnn(C)c1. The van der Waals surface area contributed by atoms with Crippen LogP contribution in [-0.4, -0.2) is 28.1 Å². The van der Waals surface area contributed by atoms with Crippen LogP contribution in [0.15, 0.2) is 17.3 Å². The summed E-state index contributed by atoms with van der Waals surface area (Å²) in [6, 6.07) is 0.624. The fourth-order valence-electron chi connectivity index (χ4n) is 2.93. The molecule has 0 aromatic carbocycles. The molecular weight excluding hydrogens is 230 g/mol. The third-order valence-corrected chi connectivity index (χ3v) is 5.26. The Kier molecular flexibility index (Phi) is 4.15. The first kappa shape index (κ1) is 13.0. The molecule has 0 amide bonds. The van der Waals surface area contributed by atoms with Gasteiger partial charge in [-0.15, -0.1) is 11.8 Å². The first-order chi connectivity index (χ1) is 8.10. The van der Waals surface area contributed by atoms with Crippen molar-refractivity contribution in [1.82, 2.24) is 15.1 Å². The third-order valence-electron chi connectivity index (χ3n) is 3.71. The number of aryl methyl sites for hydroxylation is 1. The van der Waals surface area contributed by atoms with Gasteiger partial charge in [0.25, 0.3) is 0 Å². The smallest absolute Gasteiger partial charge is 0.0625 e. The van der Waals surface area contributed by atoms with Crippen molar-refractivity contribution >= 4 is 11.8 Å². The molecule has 0 spiro atoms. The number of nitrogens with zero attached hydrogens (tertiary/aromatic N) is 2. The molecule has 4 unspecified atom stereocenters. The zero-order chi connectivity index (χ0) is 12.4. The fourth-order valence-corrected chi connectivity index (χ4v) is 4.32. The summed E-state index contributed by atoms with van der Waals surface area (Å²) in [6.45, 7) is 4.75. The van der Waals surface area contributed by atoms with Gasteiger partial charge in [-0.1, -0.05) is 13.8 Å². The van der Waals surface area contributed by atoms with Crippen LogP contribution in [0.25, 0.3) is 0 Å². The van der Waals surface area contributed by atoms with Gasteiger partial charge in [-0.25, -0.2) is 0 Å². The van der Waals surface area contributed by atoms with E-state index in [1.165, 1.54) is 17.7 Å². The summed E-state index contributed by atoms with van der Waals surface area (Å²) in [6.07, 6.45) is 6.72. The minimum atomic E-state index is 0.624. The minimum Gasteiger partial charge on any atom is -0.316 e. The van der Waals surface area contributed by atoms with E-state index in [9.17, 15) is 0 Å². The van der Waals surface area contributed by atoms with Crippen LogP contribution in [-0.2, 0) is 7.05 Å². The average molecular weight is 253 g/mol. The van der Waals surface area contributed by atoms with E-state index in [1.54, 1.807) is 0 Å². The molecule has 0 aliphatic heterocycles. The van der Waals surface area contributed by atoms with E-state index in [1.807, 2.05) is 29.7 Å². The molecule has 1 N–H and O–H groups in total. The number of aromatic nitrogens is 2. The molecule has 1 aromatic rings. The lowest BCUT2D eigenvalue weighted by Gasteiger charge is -2.39. The summed E-state index contributed by atoms with van der Waals surface area (Å²) in [5.41, 5.74) is 0. The molecule has 0 saturated heterocycles. The van der Waals surface area contributed by atoms with Gasteiger partial charge in [0.15, 0.2) is 0 Å². The van der Waals surface area contributed by atoms with E-state index < -0.39 is 0 Å². The zero-order valence-electron chi connectivity index (χ0n) is 11.2. The summed E-state index contributed by atoms with van der Waals surface area (Å²) in [5.74, 6) is 1.61. The second-order valence-corrected chi connectivity index (χ2v) is 6.63. The van der Waals surface area contributed by atoms with Crippen molar-refractivity contribution in [2.75, 3.05) is 7.05 Å². The Hall–Kier alpha value is -0.480. The summed E-state index contributed by atoms with van der Waals surface area (Å²) < 4.78 is 1.88. The van der Waals surface area contributed by atoms with E-state index in [0.717, 1.165) is 11.8 Å². The van der Waals surface area contributed by atoms with Crippen molar-refractivity contribution in [2.45, 2.75) is 42.9 Å². The Morgan fingerprint density at radius 1 is 1.41 bits per heavy atom. The number of hydrogen-bond acceptors (Lipinski definition) is 3. The average Bonchev–Trinajstić information content (AvgIpc) is 2.67. The summed E-state index contributed by atoms with van der Waals surface area (Å²) in [4.78, 5) is 1.29. The zero-order valence-corrected chi connectivity index (χ0v) is 12.0. The molecular formula is C13H23N3S. The highest BCUT2D eigenvalue weighted by Crippen LogP contribution is 2.39. The molecule has 3 nitrogen and oxygen atoms in total. The number of rotatable bonds is 3. The molecule has 4 heteroatoms. The Balaban J connectivity index is 2.06. The Morgan fingerprint density at radius 2 is 2.18 bits per heavy atom. The van der Waals surface area contributed by atoms with E-state index in [2.05, 4.69) is 37.5 Å². The van der Waals surface area contributed by atoms with Gasteiger partial charge in [-0.05, 0) is 31.7 Å². The lowest BCUT2D eigenvalue weighted by atomic mass is 9.80. The van der Waals surface area contributed by atoms with Crippen LogP contribution < -0.4 is 5.32 Å². The number of thioether (sulfide) groups is 1. The van der Waals surface area contributed by atoms with Crippen molar-refractivity contribution in [1.29, 1.82) is 0 Å². The van der Waals surface area contributed by atoms with Crippen molar-refractivity contribution in [3.63, 3.8) is 0 Å². The quantitative estimate of drug-likeness (QED) is 0.898. The minimum absolute atomic E-state index is 0.624. The maximum absolute atomic E-state index is 4.25. The first-order valence-electron chi connectivity index (χ1n) is 6.42. The van der Waals surface area contributed by atoms with E-state index in [4.69, 9.17) is 0 Å². The van der Waals surface area contributed by atoms with Crippen LogP contribution >= 0.6 is 11.8 Å². The van der Waals surface area contributed by atoms with Crippen LogP contribution in [0.3, 0.4) is 0 Å². The summed E-state index contributed by atoms with van der Waals surface area (Å²) in [7, 11) is 4.07. The van der Waals surface area contributed by atoms with Crippen molar-refractivity contribution in [3.8, 4) is 0 Å². The van der Waals surface area contributed by atoms with Gasteiger partial charge in [0.05, 0.1) is 6.20 Å². The van der Waals surface area contributed by atoms with Gasteiger partial charge in [0, 0.05) is 29.4 Å². The fraction of sp³-hybridized carbons (Fsp3) is 0.769. The Bertz CT molecular complexity index is 363. The molecule has 4 atom stereocenters. The monoisotopic (exact) mass is 253 g/mol. The second-order valence-electron chi connectivity index (χ2n) is 5.38. The number of nitrogens with one attached hydrogen (secondary N) is 1. The molecule has 1 heterocycles. The van der Waals surface area contributed by atoms with Crippen molar-refractivity contribution in [2.24, 2.45) is 18.9 Å². The molecule has 1 saturated carbocycles. The van der Waals surface area contributed by atoms with Crippen LogP contribution in [0.1, 0.15) is 26.7 Å². The molecule has 17 heavy (non-hydrogen) atoms. The van der Waals surface area contributed by atoms with Crippen LogP contribution in [0.2, 0.25) is 0 Å². The lowest BCUT2D eigenvalue weighted by Crippen LogP contribution is -2.44. The molecule has 1 fully saturated rings. The molecule has 2 rings (SSSR count). The normalized spacial score (nSPS) is 33.9. The van der Waals surface area contributed by atoms with E-state index in [0.29, 0.717) is 11.3 Å². The van der Waals surface area contributed by atoms with Gasteiger partial charge < -0.3 is 5.32 Å². The summed E-state index contributed by atoms with van der Waals surface area (Å²) >= 11 is 1.98. The lowest BCUT2D eigenvalue weighted by molar-refractivity contribution is 0.257. The van der Waals surface area contributed by atoms with Gasteiger partial charge in [0.1, 0.15) is 0 Å². The predicted molar refractivity (Wildman–Crippen MR) is 73.3 cm³/mol. The Labute approximate surface area is 108 Å². The van der Waals surface area contributed by atoms with Crippen molar-refractivity contribution < 1.29 is 0 Å². The molecule has 1 aliphatic carbocycles. The molecule has 96 valence electrons. The summed E-state index contributed by atoms with van der Waals surface area (Å²) in [5, 5.41) is 8.41. The van der Waals surface area contributed by atoms with Gasteiger partial charge in [-0.3, -0.25) is 4.68 Å². The second kappa shape index (κ2) is 5.44. The molecule has 1 aliphatic rings. The third kappa shape index (κ3) is 3.05. The highest BCUT2D eigenvalue weighted by atomic mass is 32.2. The standard InChI is InChI=1S/C13H23N3S/c1-9-5-10(2)13(12(6-9)14-3)17-11-7-15-16(4)8-11/h7-10,12-14H,5-6H2,1-4H3. The van der Waals surface area contributed by atoms with E-state index in [-0.39, 0.29) is 0 Å². The number of hydrogen-bond donors (Lipinski definition) is 1. The van der Waals surface area contributed by atoms with Crippen molar-refractivity contribution in [3.05, 3.63) is 12.4 Å². The van der Waals surface area contributed by atoms with Crippen LogP contribution in [0.5, 0.6) is 0 Å².